The number of nitrogens with zero attached hydrogens (tertiary/aromatic N) is 1. The molecule has 0 aromatic rings. The van der Waals surface area contributed by atoms with Crippen molar-refractivity contribution in [3.05, 3.63) is 0 Å². The van der Waals surface area contributed by atoms with E-state index in [1.807, 2.05) is 0 Å². The second kappa shape index (κ2) is 7.97. The molecule has 2 fully saturated rings. The van der Waals surface area contributed by atoms with Crippen molar-refractivity contribution in [2.24, 2.45) is 17.8 Å². The Hall–Kier alpha value is -0.0800. The third kappa shape index (κ3) is 4.22. The average Bonchev–Trinajstić information content (AvgIpc) is 2.47. The highest BCUT2D eigenvalue weighted by Gasteiger charge is 2.37. The Morgan fingerprint density at radius 2 is 1.76 bits per heavy atom. The van der Waals surface area contributed by atoms with Gasteiger partial charge in [-0.15, -0.1) is 0 Å². The van der Waals surface area contributed by atoms with Crippen LogP contribution in [0.3, 0.4) is 0 Å². The summed E-state index contributed by atoms with van der Waals surface area (Å²) in [5.41, 5.74) is 0. The Balaban J connectivity index is 2.06. The molecule has 2 aliphatic carbocycles. The molecule has 0 spiro atoms. The minimum absolute atomic E-state index is 0.712. The van der Waals surface area contributed by atoms with Gasteiger partial charge in [-0.2, -0.15) is 0 Å². The lowest BCUT2D eigenvalue weighted by atomic mass is 9.75. The summed E-state index contributed by atoms with van der Waals surface area (Å²) in [5.74, 6) is 2.64. The van der Waals surface area contributed by atoms with E-state index in [-0.39, 0.29) is 0 Å². The maximum atomic E-state index is 3.79. The molecule has 2 nitrogen and oxygen atoms in total. The number of hydrogen-bond acceptors (Lipinski definition) is 2. The lowest BCUT2D eigenvalue weighted by Gasteiger charge is -2.48. The molecule has 21 heavy (non-hydrogen) atoms. The van der Waals surface area contributed by atoms with E-state index in [0.717, 1.165) is 36.4 Å². The Morgan fingerprint density at radius 1 is 1.05 bits per heavy atom. The molecule has 2 rings (SSSR count). The van der Waals surface area contributed by atoms with Gasteiger partial charge in [-0.1, -0.05) is 40.5 Å². The largest absolute Gasteiger partial charge is 0.313 e. The van der Waals surface area contributed by atoms with Gasteiger partial charge < -0.3 is 5.32 Å². The molecule has 0 bridgehead atoms. The fraction of sp³-hybridized carbons (Fsp3) is 1.00. The quantitative estimate of drug-likeness (QED) is 0.813. The highest BCUT2D eigenvalue weighted by Crippen LogP contribution is 2.36. The van der Waals surface area contributed by atoms with Crippen LogP contribution in [0.4, 0.5) is 0 Å². The van der Waals surface area contributed by atoms with Gasteiger partial charge in [0.05, 0.1) is 0 Å². The van der Waals surface area contributed by atoms with E-state index in [2.05, 4.69) is 45.0 Å². The third-order valence-electron chi connectivity index (χ3n) is 6.38. The second-order valence-corrected chi connectivity index (χ2v) is 8.04. The van der Waals surface area contributed by atoms with Crippen LogP contribution in [0, 0.1) is 17.8 Å². The fourth-order valence-corrected chi connectivity index (χ4v) is 4.88. The zero-order chi connectivity index (χ0) is 15.4. The maximum Gasteiger partial charge on any atom is 0.0252 e. The fourth-order valence-electron chi connectivity index (χ4n) is 4.88. The normalized spacial score (nSPS) is 38.1. The van der Waals surface area contributed by atoms with Crippen molar-refractivity contribution < 1.29 is 0 Å². The van der Waals surface area contributed by atoms with E-state index in [1.165, 1.54) is 44.9 Å². The molecule has 124 valence electrons. The summed E-state index contributed by atoms with van der Waals surface area (Å²) >= 11 is 0. The van der Waals surface area contributed by atoms with Crippen LogP contribution >= 0.6 is 0 Å². The van der Waals surface area contributed by atoms with Crippen molar-refractivity contribution in [1.29, 1.82) is 0 Å². The predicted molar refractivity (Wildman–Crippen MR) is 92.6 cm³/mol. The van der Waals surface area contributed by atoms with Gasteiger partial charge in [0.2, 0.25) is 0 Å². The van der Waals surface area contributed by atoms with Gasteiger partial charge >= 0.3 is 0 Å². The van der Waals surface area contributed by atoms with Gasteiger partial charge in [0, 0.05) is 18.1 Å². The van der Waals surface area contributed by atoms with Crippen LogP contribution in [0.2, 0.25) is 0 Å². The van der Waals surface area contributed by atoms with Gasteiger partial charge in [-0.05, 0) is 63.5 Å². The monoisotopic (exact) mass is 294 g/mol. The Kier molecular flexibility index (Phi) is 6.55. The van der Waals surface area contributed by atoms with Gasteiger partial charge in [0.1, 0.15) is 0 Å². The summed E-state index contributed by atoms with van der Waals surface area (Å²) < 4.78 is 0. The first-order chi connectivity index (χ1) is 10.0. The zero-order valence-electron chi connectivity index (χ0n) is 15.1. The molecule has 0 amide bonds. The number of hydrogen-bond donors (Lipinski definition) is 1. The van der Waals surface area contributed by atoms with Crippen molar-refractivity contribution in [2.45, 2.75) is 90.8 Å². The standard InChI is InChI=1S/C19H38N2/c1-6-20-17-12-11-16(14(2)3)13-19(17)21(5)18-10-8-7-9-15(18)4/h14-20H,6-13H2,1-5H3. The second-order valence-electron chi connectivity index (χ2n) is 8.04. The summed E-state index contributed by atoms with van der Waals surface area (Å²) in [7, 11) is 2.42. The molecule has 0 aliphatic heterocycles. The lowest BCUT2D eigenvalue weighted by Crippen LogP contribution is -2.56. The highest BCUT2D eigenvalue weighted by molar-refractivity contribution is 4.94. The Labute approximate surface area is 133 Å². The first-order valence-corrected chi connectivity index (χ1v) is 9.49. The van der Waals surface area contributed by atoms with Gasteiger partial charge in [-0.25, -0.2) is 0 Å². The van der Waals surface area contributed by atoms with Crippen LogP contribution in [-0.2, 0) is 0 Å². The summed E-state index contributed by atoms with van der Waals surface area (Å²) in [4.78, 5) is 2.78. The van der Waals surface area contributed by atoms with E-state index < -0.39 is 0 Å². The molecular formula is C19H38N2. The van der Waals surface area contributed by atoms with Crippen molar-refractivity contribution in [2.75, 3.05) is 13.6 Å². The SMILES string of the molecule is CCNC1CCC(C(C)C)CC1N(C)C1CCCCC1C. The van der Waals surface area contributed by atoms with E-state index in [4.69, 9.17) is 0 Å². The highest BCUT2D eigenvalue weighted by atomic mass is 15.2. The molecule has 2 heteroatoms. The molecule has 2 saturated carbocycles. The molecule has 2 aliphatic rings. The first-order valence-electron chi connectivity index (χ1n) is 9.49. The van der Waals surface area contributed by atoms with E-state index in [0.29, 0.717) is 6.04 Å². The van der Waals surface area contributed by atoms with Crippen molar-refractivity contribution >= 4 is 0 Å². The third-order valence-corrected chi connectivity index (χ3v) is 6.38. The average molecular weight is 295 g/mol. The number of rotatable bonds is 5. The van der Waals surface area contributed by atoms with Crippen LogP contribution < -0.4 is 5.32 Å². The molecule has 0 aromatic heterocycles. The van der Waals surface area contributed by atoms with Crippen LogP contribution in [0.25, 0.3) is 0 Å². The Bertz CT molecular complexity index is 302. The van der Waals surface area contributed by atoms with Crippen LogP contribution in [0.15, 0.2) is 0 Å². The van der Waals surface area contributed by atoms with Crippen molar-refractivity contribution in [3.63, 3.8) is 0 Å². The molecule has 5 atom stereocenters. The smallest absolute Gasteiger partial charge is 0.0252 e. The lowest BCUT2D eigenvalue weighted by molar-refractivity contribution is 0.0372. The predicted octanol–water partition coefficient (Wildman–Crippen LogP) is 4.30. The van der Waals surface area contributed by atoms with Gasteiger partial charge in [0.15, 0.2) is 0 Å². The minimum atomic E-state index is 0.712. The molecular weight excluding hydrogens is 256 g/mol. The summed E-state index contributed by atoms with van der Waals surface area (Å²) in [5, 5.41) is 3.79. The summed E-state index contributed by atoms with van der Waals surface area (Å²) in [6.45, 7) is 10.7. The van der Waals surface area contributed by atoms with Crippen molar-refractivity contribution in [3.8, 4) is 0 Å². The number of nitrogens with one attached hydrogen (secondary N) is 1. The van der Waals surface area contributed by atoms with Gasteiger partial charge in [-0.3, -0.25) is 4.90 Å². The zero-order valence-corrected chi connectivity index (χ0v) is 15.1. The van der Waals surface area contributed by atoms with Crippen LogP contribution in [0.5, 0.6) is 0 Å². The molecule has 0 aromatic carbocycles. The topological polar surface area (TPSA) is 15.3 Å². The van der Waals surface area contributed by atoms with Crippen molar-refractivity contribution in [1.82, 2.24) is 10.2 Å². The molecule has 5 unspecified atom stereocenters. The summed E-state index contributed by atoms with van der Waals surface area (Å²) in [6.07, 6.45) is 9.91. The molecule has 0 saturated heterocycles. The van der Waals surface area contributed by atoms with Crippen LogP contribution in [0.1, 0.15) is 72.6 Å². The Morgan fingerprint density at radius 3 is 2.38 bits per heavy atom. The molecule has 0 heterocycles. The molecule has 0 radical (unpaired) electrons. The van der Waals surface area contributed by atoms with Gasteiger partial charge in [0.25, 0.3) is 0 Å². The first kappa shape index (κ1) is 17.3. The maximum absolute atomic E-state index is 3.79. The minimum Gasteiger partial charge on any atom is -0.313 e. The summed E-state index contributed by atoms with van der Waals surface area (Å²) in [6, 6.07) is 2.27. The molecule has 1 N–H and O–H groups in total. The van der Waals surface area contributed by atoms with Crippen LogP contribution in [-0.4, -0.2) is 36.6 Å². The van der Waals surface area contributed by atoms with E-state index >= 15 is 0 Å². The number of likely N-dealkylation sites (N-methyl/N-ethyl adjacent to an activating group) is 2. The van der Waals surface area contributed by atoms with E-state index in [9.17, 15) is 0 Å². The van der Waals surface area contributed by atoms with E-state index in [1.54, 1.807) is 0 Å².